The van der Waals surface area contributed by atoms with E-state index in [1.807, 2.05) is 30.3 Å². The van der Waals surface area contributed by atoms with Gasteiger partial charge in [-0.15, -0.1) is 0 Å². The van der Waals surface area contributed by atoms with Crippen LogP contribution in [0.5, 0.6) is 0 Å². The van der Waals surface area contributed by atoms with Gasteiger partial charge >= 0.3 is 91.1 Å². The Balaban J connectivity index is 2.46. The molecule has 72 valence electrons. The second-order valence-electron chi connectivity index (χ2n) is 2.69. The molecule has 0 bridgehead atoms. The van der Waals surface area contributed by atoms with Gasteiger partial charge in [-0.25, -0.2) is 0 Å². The molecule has 14 heavy (non-hydrogen) atoms. The van der Waals surface area contributed by atoms with Crippen LogP contribution in [0.3, 0.4) is 0 Å². The molecule has 3 nitrogen and oxygen atoms in total. The molecule has 0 spiro atoms. The maximum atomic E-state index is 10.5. The SMILES string of the molecule is O=C(O)[I-]c1cnc2ccccc2c1. The summed E-state index contributed by atoms with van der Waals surface area (Å²) in [6.45, 7) is 0. The molecule has 0 unspecified atom stereocenters. The van der Waals surface area contributed by atoms with E-state index in [2.05, 4.69) is 4.98 Å². The zero-order valence-corrected chi connectivity index (χ0v) is 9.30. The summed E-state index contributed by atoms with van der Waals surface area (Å²) in [5.74, 6) is 0. The molecule has 1 heterocycles. The fourth-order valence-electron chi connectivity index (χ4n) is 1.19. The zero-order valence-electron chi connectivity index (χ0n) is 7.14. The number of halogens is 1. The Morgan fingerprint density at radius 3 is 2.93 bits per heavy atom. The van der Waals surface area contributed by atoms with Crippen molar-refractivity contribution in [2.75, 3.05) is 0 Å². The topological polar surface area (TPSA) is 50.2 Å². The fraction of sp³-hybridized carbons (Fsp3) is 0. The first-order chi connectivity index (χ1) is 6.75. The van der Waals surface area contributed by atoms with Crippen molar-refractivity contribution in [1.82, 2.24) is 4.98 Å². The second kappa shape index (κ2) is 3.91. The van der Waals surface area contributed by atoms with Gasteiger partial charge in [0.2, 0.25) is 0 Å². The van der Waals surface area contributed by atoms with Crippen molar-refractivity contribution in [3.05, 3.63) is 40.1 Å². The van der Waals surface area contributed by atoms with Gasteiger partial charge in [-0.2, -0.15) is 0 Å². The van der Waals surface area contributed by atoms with Crippen molar-refractivity contribution in [3.8, 4) is 0 Å². The summed E-state index contributed by atoms with van der Waals surface area (Å²) in [5, 5.41) is 9.67. The van der Waals surface area contributed by atoms with Gasteiger partial charge < -0.3 is 0 Å². The van der Waals surface area contributed by atoms with E-state index >= 15 is 0 Å². The third kappa shape index (κ3) is 2.01. The van der Waals surface area contributed by atoms with Crippen LogP contribution in [0.25, 0.3) is 10.9 Å². The number of carboxylic acid groups (broad SMARTS) is 1. The van der Waals surface area contributed by atoms with Crippen LogP contribution in [0.1, 0.15) is 0 Å². The number of rotatable bonds is 2. The van der Waals surface area contributed by atoms with E-state index in [4.69, 9.17) is 5.11 Å². The van der Waals surface area contributed by atoms with Crippen LogP contribution in [-0.2, 0) is 0 Å². The molecule has 0 aliphatic carbocycles. The number of pyridine rings is 1. The Bertz CT molecular complexity index is 484. The second-order valence-corrected chi connectivity index (χ2v) is 5.40. The summed E-state index contributed by atoms with van der Waals surface area (Å²) in [5.41, 5.74) is 0.908. The van der Waals surface area contributed by atoms with Crippen molar-refractivity contribution < 1.29 is 31.1 Å². The minimum atomic E-state index is -0.954. The van der Waals surface area contributed by atoms with Gasteiger partial charge in [-0.1, -0.05) is 0 Å². The monoisotopic (exact) mass is 300 g/mol. The number of para-hydroxylation sites is 1. The normalized spacial score (nSPS) is 10.6. The molecule has 1 aromatic carbocycles. The molecule has 0 aliphatic heterocycles. The Kier molecular flexibility index (Phi) is 2.62. The summed E-state index contributed by atoms with van der Waals surface area (Å²) in [7, 11) is 0. The van der Waals surface area contributed by atoms with E-state index in [0.717, 1.165) is 14.5 Å². The van der Waals surface area contributed by atoms with Crippen LogP contribution in [-0.4, -0.2) is 14.1 Å². The van der Waals surface area contributed by atoms with E-state index in [-0.39, 0.29) is 0 Å². The molecule has 0 aliphatic rings. The van der Waals surface area contributed by atoms with Crippen LogP contribution in [0.4, 0.5) is 4.79 Å². The van der Waals surface area contributed by atoms with Crippen LogP contribution < -0.4 is 21.2 Å². The number of nitrogens with zero attached hydrogens (tertiary/aromatic N) is 1. The van der Waals surface area contributed by atoms with E-state index in [1.165, 1.54) is 0 Å². The van der Waals surface area contributed by atoms with Crippen molar-refractivity contribution in [2.24, 2.45) is 0 Å². The van der Waals surface area contributed by atoms with Gasteiger partial charge in [0, 0.05) is 0 Å². The van der Waals surface area contributed by atoms with Gasteiger partial charge in [-0.05, 0) is 0 Å². The predicted octanol–water partition coefficient (Wildman–Crippen LogP) is -0.829. The van der Waals surface area contributed by atoms with E-state index in [0.29, 0.717) is 0 Å². The number of hydrogen-bond donors (Lipinski definition) is 1. The summed E-state index contributed by atoms with van der Waals surface area (Å²) in [6, 6.07) is 9.60. The standard InChI is InChI=1S/C10H7INO2/c13-10(14)11-8-5-7-3-1-2-4-9(7)12-6-8/h1-6H,(H,13,14)/q-1. The molecule has 4 heteroatoms. The molecule has 0 fully saturated rings. The average Bonchev–Trinajstić information content (AvgIpc) is 2.17. The molecule has 2 rings (SSSR count). The first kappa shape index (κ1) is 9.39. The molecular formula is C10H7INO2-. The third-order valence-electron chi connectivity index (χ3n) is 1.75. The molecule has 0 saturated heterocycles. The van der Waals surface area contributed by atoms with Crippen LogP contribution in [0, 0.1) is 3.57 Å². The van der Waals surface area contributed by atoms with Gasteiger partial charge in [0.15, 0.2) is 0 Å². The number of carbonyl (C=O) groups is 1. The Labute approximate surface area is 91.0 Å². The van der Waals surface area contributed by atoms with Crippen molar-refractivity contribution in [1.29, 1.82) is 0 Å². The van der Waals surface area contributed by atoms with Gasteiger partial charge in [0.05, 0.1) is 0 Å². The molecule has 0 radical (unpaired) electrons. The van der Waals surface area contributed by atoms with Crippen LogP contribution in [0.15, 0.2) is 36.5 Å². The van der Waals surface area contributed by atoms with Crippen molar-refractivity contribution >= 4 is 14.9 Å². The molecule has 1 N–H and O–H groups in total. The van der Waals surface area contributed by atoms with Crippen molar-refractivity contribution in [2.45, 2.75) is 0 Å². The molecular weight excluding hydrogens is 293 g/mol. The summed E-state index contributed by atoms with van der Waals surface area (Å²) in [4.78, 5) is 14.7. The first-order valence-corrected chi connectivity index (χ1v) is 6.14. The van der Waals surface area contributed by atoms with Crippen molar-refractivity contribution in [3.63, 3.8) is 0 Å². The number of hydrogen-bond acceptors (Lipinski definition) is 2. The average molecular weight is 300 g/mol. The van der Waals surface area contributed by atoms with Crippen LogP contribution >= 0.6 is 0 Å². The van der Waals surface area contributed by atoms with Crippen LogP contribution in [0.2, 0.25) is 0 Å². The molecule has 0 amide bonds. The van der Waals surface area contributed by atoms with Gasteiger partial charge in [-0.3, -0.25) is 0 Å². The van der Waals surface area contributed by atoms with E-state index in [1.54, 1.807) is 6.20 Å². The molecule has 1 aromatic heterocycles. The first-order valence-electron chi connectivity index (χ1n) is 3.98. The predicted molar refractivity (Wildman–Crippen MR) is 48.5 cm³/mol. The van der Waals surface area contributed by atoms with Gasteiger partial charge in [0.25, 0.3) is 0 Å². The molecule has 2 aromatic rings. The minimum absolute atomic E-state index is 0.721. The van der Waals surface area contributed by atoms with Gasteiger partial charge in [0.1, 0.15) is 0 Å². The number of benzene rings is 1. The summed E-state index contributed by atoms with van der Waals surface area (Å²) < 4.78 is 0.121. The number of aromatic nitrogens is 1. The zero-order chi connectivity index (χ0) is 9.97. The third-order valence-corrected chi connectivity index (χ3v) is 3.42. The quantitative estimate of drug-likeness (QED) is 0.582. The van der Waals surface area contributed by atoms with E-state index < -0.39 is 25.2 Å². The van der Waals surface area contributed by atoms with E-state index in [9.17, 15) is 4.79 Å². The Hall–Kier alpha value is -1.17. The number of fused-ring (bicyclic) bond motifs is 1. The Morgan fingerprint density at radius 2 is 2.14 bits per heavy atom. The Morgan fingerprint density at radius 1 is 1.36 bits per heavy atom. The fourth-order valence-corrected chi connectivity index (χ4v) is 2.49. The summed E-state index contributed by atoms with van der Waals surface area (Å²) >= 11 is -0.954. The molecule has 0 atom stereocenters. The maximum absolute atomic E-state index is 10.5. The summed E-state index contributed by atoms with van der Waals surface area (Å²) in [6.07, 6.45) is 1.66. The molecule has 0 saturated carbocycles.